The maximum Gasteiger partial charge on any atom is 0.290 e. The van der Waals surface area contributed by atoms with E-state index in [1.165, 1.54) is 35.0 Å². The van der Waals surface area contributed by atoms with Gasteiger partial charge in [-0.05, 0) is 24.3 Å². The van der Waals surface area contributed by atoms with Crippen LogP contribution in [0.4, 0.5) is 10.1 Å². The number of aromatic nitrogens is 1. The topological polar surface area (TPSA) is 53.2 Å². The van der Waals surface area contributed by atoms with Gasteiger partial charge in [0, 0.05) is 11.8 Å². The molecule has 0 fully saturated rings. The summed E-state index contributed by atoms with van der Waals surface area (Å²) in [6.45, 7) is 0.0465. The summed E-state index contributed by atoms with van der Waals surface area (Å²) < 4.78 is 14.4. The molecule has 0 bridgehead atoms. The third kappa shape index (κ3) is 4.56. The third-order valence-corrected chi connectivity index (χ3v) is 2.28. The van der Waals surface area contributed by atoms with Crippen molar-refractivity contribution in [2.24, 2.45) is 0 Å². The van der Waals surface area contributed by atoms with Gasteiger partial charge in [-0.1, -0.05) is 6.07 Å². The number of benzene rings is 1. The van der Waals surface area contributed by atoms with Crippen molar-refractivity contribution in [3.63, 3.8) is 0 Å². The van der Waals surface area contributed by atoms with Crippen molar-refractivity contribution in [1.82, 2.24) is 0 Å². The zero-order chi connectivity index (χ0) is 13.0. The van der Waals surface area contributed by atoms with E-state index in [9.17, 15) is 14.3 Å². The Morgan fingerprint density at radius 1 is 1.32 bits per heavy atom. The first kappa shape index (κ1) is 14.9. The highest BCUT2D eigenvalue weighted by molar-refractivity contribution is 5.89. The van der Waals surface area contributed by atoms with Crippen molar-refractivity contribution in [2.45, 2.75) is 6.54 Å². The summed E-state index contributed by atoms with van der Waals surface area (Å²) in [4.78, 5) is 11.7. The van der Waals surface area contributed by atoms with Crippen LogP contribution in [0.1, 0.15) is 0 Å². The number of nitrogens with zero attached hydrogens (tertiary/aromatic N) is 1. The molecule has 0 unspecified atom stereocenters. The molecule has 100 valence electrons. The lowest BCUT2D eigenvalue weighted by Gasteiger charge is -2.02. The first-order valence-electron chi connectivity index (χ1n) is 5.37. The van der Waals surface area contributed by atoms with Gasteiger partial charge in [0.05, 0.1) is 0 Å². The van der Waals surface area contributed by atoms with Crippen LogP contribution in [0.15, 0.2) is 48.8 Å². The average molecular weight is 283 g/mol. The number of carbonyl (C=O) groups excluding carboxylic acids is 1. The van der Waals surface area contributed by atoms with Crippen LogP contribution in [-0.4, -0.2) is 11.0 Å². The molecule has 0 radical (unpaired) electrons. The maximum atomic E-state index is 12.9. The largest absolute Gasteiger partial charge is 1.00 e. The second-order valence-corrected chi connectivity index (χ2v) is 3.79. The maximum absolute atomic E-state index is 12.9. The van der Waals surface area contributed by atoms with Gasteiger partial charge in [0.1, 0.15) is 5.82 Å². The van der Waals surface area contributed by atoms with Crippen molar-refractivity contribution in [1.29, 1.82) is 0 Å². The molecule has 1 amide bonds. The van der Waals surface area contributed by atoms with Crippen LogP contribution in [0.25, 0.3) is 0 Å². The van der Waals surface area contributed by atoms with E-state index in [-0.39, 0.29) is 30.6 Å². The number of rotatable bonds is 3. The number of carbonyl (C=O) groups is 1. The van der Waals surface area contributed by atoms with Crippen molar-refractivity contribution in [2.75, 3.05) is 5.32 Å². The molecular formula is C13H12ClFN2O2. The Bertz CT molecular complexity index is 529. The van der Waals surface area contributed by atoms with E-state index in [2.05, 4.69) is 5.32 Å². The first-order chi connectivity index (χ1) is 8.63. The molecule has 2 aromatic rings. The quantitative estimate of drug-likeness (QED) is 0.671. The fourth-order valence-electron chi connectivity index (χ4n) is 1.54. The van der Waals surface area contributed by atoms with Crippen LogP contribution in [0.3, 0.4) is 0 Å². The summed E-state index contributed by atoms with van der Waals surface area (Å²) in [5, 5.41) is 11.8. The van der Waals surface area contributed by atoms with Gasteiger partial charge in [-0.25, -0.2) is 4.39 Å². The van der Waals surface area contributed by atoms with E-state index in [0.29, 0.717) is 5.69 Å². The Hall–Kier alpha value is -2.14. The summed E-state index contributed by atoms with van der Waals surface area (Å²) in [5.74, 6) is -0.620. The van der Waals surface area contributed by atoms with Gasteiger partial charge >= 0.3 is 0 Å². The van der Waals surface area contributed by atoms with Crippen molar-refractivity contribution < 1.29 is 31.3 Å². The Labute approximate surface area is 115 Å². The lowest BCUT2D eigenvalue weighted by molar-refractivity contribution is -0.684. The van der Waals surface area contributed by atoms with Crippen molar-refractivity contribution in [3.8, 4) is 5.75 Å². The molecule has 0 aliphatic rings. The molecule has 0 spiro atoms. The molecule has 0 saturated carbocycles. The highest BCUT2D eigenvalue weighted by Crippen LogP contribution is 2.08. The molecule has 0 aliphatic heterocycles. The molecule has 1 aromatic carbocycles. The van der Waals surface area contributed by atoms with E-state index in [1.807, 2.05) is 0 Å². The third-order valence-electron chi connectivity index (χ3n) is 2.28. The van der Waals surface area contributed by atoms with Crippen LogP contribution < -0.4 is 22.3 Å². The zero-order valence-corrected chi connectivity index (χ0v) is 10.6. The van der Waals surface area contributed by atoms with Crippen LogP contribution >= 0.6 is 0 Å². The second kappa shape index (κ2) is 6.70. The first-order valence-corrected chi connectivity index (χ1v) is 5.37. The highest BCUT2D eigenvalue weighted by Gasteiger charge is 2.10. The fourth-order valence-corrected chi connectivity index (χ4v) is 1.54. The zero-order valence-electron chi connectivity index (χ0n) is 9.88. The van der Waals surface area contributed by atoms with Crippen molar-refractivity contribution >= 4 is 11.6 Å². The predicted octanol–water partition coefficient (Wildman–Crippen LogP) is -1.54. The molecule has 4 nitrogen and oxygen atoms in total. The lowest BCUT2D eigenvalue weighted by atomic mass is 10.3. The minimum Gasteiger partial charge on any atom is -1.00 e. The summed E-state index contributed by atoms with van der Waals surface area (Å²) in [6.07, 6.45) is 3.09. The molecular weight excluding hydrogens is 271 g/mol. The molecule has 6 heteroatoms. The van der Waals surface area contributed by atoms with Gasteiger partial charge in [0.2, 0.25) is 12.7 Å². The van der Waals surface area contributed by atoms with Gasteiger partial charge in [-0.3, -0.25) is 4.79 Å². The van der Waals surface area contributed by atoms with Crippen LogP contribution in [0.2, 0.25) is 0 Å². The number of halogens is 2. The van der Waals surface area contributed by atoms with Crippen molar-refractivity contribution in [3.05, 3.63) is 54.6 Å². The summed E-state index contributed by atoms with van der Waals surface area (Å²) in [7, 11) is 0. The van der Waals surface area contributed by atoms with Gasteiger partial charge < -0.3 is 22.8 Å². The van der Waals surface area contributed by atoms with Gasteiger partial charge in [-0.2, -0.15) is 4.57 Å². The Morgan fingerprint density at radius 2 is 2.11 bits per heavy atom. The van der Waals surface area contributed by atoms with E-state index < -0.39 is 5.82 Å². The van der Waals surface area contributed by atoms with Crippen LogP contribution in [-0.2, 0) is 11.3 Å². The van der Waals surface area contributed by atoms with Crippen LogP contribution in [0, 0.1) is 5.82 Å². The summed E-state index contributed by atoms with van der Waals surface area (Å²) in [6, 6.07) is 8.82. The van der Waals surface area contributed by atoms with E-state index >= 15 is 0 Å². The number of aromatic hydroxyl groups is 1. The number of anilines is 1. The number of hydrogen-bond donors (Lipinski definition) is 2. The minimum atomic E-state index is -0.405. The number of hydrogen-bond acceptors (Lipinski definition) is 2. The number of pyridine rings is 1. The highest BCUT2D eigenvalue weighted by atomic mass is 35.5. The Kier molecular flexibility index (Phi) is 5.26. The molecule has 0 aliphatic carbocycles. The number of nitrogens with one attached hydrogen (secondary N) is 1. The van der Waals surface area contributed by atoms with E-state index in [1.54, 1.807) is 18.3 Å². The molecule has 19 heavy (non-hydrogen) atoms. The van der Waals surface area contributed by atoms with Gasteiger partial charge in [0.15, 0.2) is 11.9 Å². The summed E-state index contributed by atoms with van der Waals surface area (Å²) in [5.41, 5.74) is 0.403. The van der Waals surface area contributed by atoms with Crippen LogP contribution in [0.5, 0.6) is 5.75 Å². The SMILES string of the molecule is O=C(C[n+]1cccc(O)c1)Nc1cccc(F)c1.[Cl-]. The molecule has 1 heterocycles. The smallest absolute Gasteiger partial charge is 0.290 e. The predicted molar refractivity (Wildman–Crippen MR) is 63.3 cm³/mol. The molecule has 2 rings (SSSR count). The number of amides is 1. The lowest BCUT2D eigenvalue weighted by Crippen LogP contribution is -3.00. The normalized spacial score (nSPS) is 9.53. The van der Waals surface area contributed by atoms with E-state index in [4.69, 9.17) is 0 Å². The van der Waals surface area contributed by atoms with E-state index in [0.717, 1.165) is 0 Å². The summed E-state index contributed by atoms with van der Waals surface area (Å²) >= 11 is 0. The fraction of sp³-hybridized carbons (Fsp3) is 0.0769. The molecule has 0 atom stereocenters. The average Bonchev–Trinajstić information content (AvgIpc) is 2.28. The van der Waals surface area contributed by atoms with Gasteiger partial charge in [-0.15, -0.1) is 0 Å². The molecule has 2 N–H and O–H groups in total. The minimum absolute atomic E-state index is 0. The Balaban J connectivity index is 0.00000180. The van der Waals surface area contributed by atoms with Gasteiger partial charge in [0.25, 0.3) is 5.91 Å². The Morgan fingerprint density at radius 3 is 2.79 bits per heavy atom. The molecule has 0 saturated heterocycles. The molecule has 1 aromatic heterocycles. The monoisotopic (exact) mass is 282 g/mol. The second-order valence-electron chi connectivity index (χ2n) is 3.79. The standard InChI is InChI=1S/C13H11FN2O2.ClH/c14-10-3-1-4-11(7-10)15-13(18)9-16-6-2-5-12(17)8-16;/h1-8H,9H2,(H-,15,17,18);1H.